The summed E-state index contributed by atoms with van der Waals surface area (Å²) < 4.78 is 17.1. The molecule has 2 aromatic carbocycles. The van der Waals surface area contributed by atoms with E-state index in [1.807, 2.05) is 13.8 Å². The maximum atomic E-state index is 12.9. The molecular formula is C24H27N3O6. The average Bonchev–Trinajstić information content (AvgIpc) is 2.80. The van der Waals surface area contributed by atoms with E-state index < -0.39 is 18.0 Å². The molecule has 0 fully saturated rings. The van der Waals surface area contributed by atoms with Crippen LogP contribution < -0.4 is 20.3 Å². The minimum absolute atomic E-state index is 0.0170. The molecule has 9 heteroatoms. The van der Waals surface area contributed by atoms with Crippen molar-refractivity contribution in [2.75, 3.05) is 19.5 Å². The number of carbonyl (C=O) groups is 2. The lowest BCUT2D eigenvalue weighted by molar-refractivity contribution is -0.123. The number of hydrogen-bond acceptors (Lipinski definition) is 7. The third-order valence-corrected chi connectivity index (χ3v) is 4.90. The van der Waals surface area contributed by atoms with E-state index in [-0.39, 0.29) is 17.2 Å². The molecule has 174 valence electrons. The van der Waals surface area contributed by atoms with Gasteiger partial charge in [-0.25, -0.2) is 9.48 Å². The van der Waals surface area contributed by atoms with E-state index in [2.05, 4.69) is 10.4 Å². The van der Waals surface area contributed by atoms with Gasteiger partial charge in [0.15, 0.2) is 23.3 Å². The number of methoxy groups -OCH3 is 2. The molecular weight excluding hydrogens is 426 g/mol. The van der Waals surface area contributed by atoms with Crippen molar-refractivity contribution in [1.82, 2.24) is 9.78 Å². The number of benzene rings is 2. The predicted octanol–water partition coefficient (Wildman–Crippen LogP) is 3.25. The molecule has 33 heavy (non-hydrogen) atoms. The first-order valence-electron chi connectivity index (χ1n) is 10.5. The van der Waals surface area contributed by atoms with Gasteiger partial charge in [-0.05, 0) is 31.0 Å². The molecule has 1 amide bonds. The summed E-state index contributed by atoms with van der Waals surface area (Å²) in [6.07, 6.45) is -1.11. The summed E-state index contributed by atoms with van der Waals surface area (Å²) in [5, 5.41) is 7.67. The quantitative estimate of drug-likeness (QED) is 0.522. The number of carbonyl (C=O) groups excluding carboxylic acids is 2. The molecule has 1 N–H and O–H groups in total. The zero-order chi connectivity index (χ0) is 24.1. The summed E-state index contributed by atoms with van der Waals surface area (Å²) in [6.45, 7) is 5.70. The normalized spacial score (nSPS) is 11.8. The highest BCUT2D eigenvalue weighted by Gasteiger charge is 2.24. The van der Waals surface area contributed by atoms with Crippen LogP contribution in [0.1, 0.15) is 31.3 Å². The first-order chi connectivity index (χ1) is 15.7. The van der Waals surface area contributed by atoms with Crippen molar-refractivity contribution in [1.29, 1.82) is 0 Å². The lowest BCUT2D eigenvalue weighted by Crippen LogP contribution is -2.32. The SMILES string of the molecule is COc1ccc(NC(=O)C(C)OC(=O)c2nn(CC(C)C)c(=O)c3ccccc23)cc1OC. The van der Waals surface area contributed by atoms with Crippen LogP contribution in [0, 0.1) is 5.92 Å². The van der Waals surface area contributed by atoms with Crippen LogP contribution >= 0.6 is 0 Å². The topological polar surface area (TPSA) is 109 Å². The number of anilines is 1. The maximum absolute atomic E-state index is 12.9. The van der Waals surface area contributed by atoms with Crippen molar-refractivity contribution in [2.24, 2.45) is 5.92 Å². The van der Waals surface area contributed by atoms with Crippen LogP contribution in [0.2, 0.25) is 0 Å². The Labute approximate surface area is 191 Å². The smallest absolute Gasteiger partial charge is 0.360 e. The van der Waals surface area contributed by atoms with Gasteiger partial charge in [-0.3, -0.25) is 9.59 Å². The fourth-order valence-corrected chi connectivity index (χ4v) is 3.28. The molecule has 1 unspecified atom stereocenters. The largest absolute Gasteiger partial charge is 0.493 e. The first kappa shape index (κ1) is 23.8. The second-order valence-corrected chi connectivity index (χ2v) is 7.88. The molecule has 0 aliphatic rings. The van der Waals surface area contributed by atoms with Crippen molar-refractivity contribution < 1.29 is 23.8 Å². The van der Waals surface area contributed by atoms with Crippen molar-refractivity contribution in [3.8, 4) is 11.5 Å². The van der Waals surface area contributed by atoms with E-state index in [9.17, 15) is 14.4 Å². The van der Waals surface area contributed by atoms with E-state index in [1.54, 1.807) is 42.5 Å². The fraction of sp³-hybridized carbons (Fsp3) is 0.333. The Morgan fingerprint density at radius 2 is 1.67 bits per heavy atom. The van der Waals surface area contributed by atoms with Gasteiger partial charge in [-0.1, -0.05) is 32.0 Å². The minimum Gasteiger partial charge on any atom is -0.493 e. The number of ether oxygens (including phenoxy) is 3. The van der Waals surface area contributed by atoms with Crippen LogP contribution in [-0.4, -0.2) is 42.0 Å². The molecule has 3 aromatic rings. The van der Waals surface area contributed by atoms with Gasteiger partial charge in [0, 0.05) is 23.7 Å². The molecule has 1 atom stereocenters. The molecule has 0 bridgehead atoms. The molecule has 0 aliphatic carbocycles. The molecule has 9 nitrogen and oxygen atoms in total. The average molecular weight is 453 g/mol. The molecule has 0 saturated carbocycles. The van der Waals surface area contributed by atoms with Gasteiger partial charge in [-0.2, -0.15) is 5.10 Å². The molecule has 3 rings (SSSR count). The third kappa shape index (κ3) is 5.31. The van der Waals surface area contributed by atoms with E-state index in [4.69, 9.17) is 14.2 Å². The van der Waals surface area contributed by atoms with Crippen molar-refractivity contribution in [2.45, 2.75) is 33.4 Å². The highest BCUT2D eigenvalue weighted by atomic mass is 16.5. The second-order valence-electron chi connectivity index (χ2n) is 7.88. The number of nitrogens with zero attached hydrogens (tertiary/aromatic N) is 2. The van der Waals surface area contributed by atoms with Crippen LogP contribution in [0.15, 0.2) is 47.3 Å². The highest BCUT2D eigenvalue weighted by Crippen LogP contribution is 2.29. The number of esters is 1. The molecule has 1 heterocycles. The van der Waals surface area contributed by atoms with Gasteiger partial charge < -0.3 is 19.5 Å². The Bertz CT molecular complexity index is 1230. The van der Waals surface area contributed by atoms with Crippen molar-refractivity contribution >= 4 is 28.3 Å². The van der Waals surface area contributed by atoms with Crippen molar-refractivity contribution in [3.63, 3.8) is 0 Å². The fourth-order valence-electron chi connectivity index (χ4n) is 3.28. The summed E-state index contributed by atoms with van der Waals surface area (Å²) in [4.78, 5) is 38.3. The van der Waals surface area contributed by atoms with E-state index in [1.165, 1.54) is 25.8 Å². The molecule has 1 aromatic heterocycles. The minimum atomic E-state index is -1.11. The second kappa shape index (κ2) is 10.2. The number of hydrogen-bond donors (Lipinski definition) is 1. The van der Waals surface area contributed by atoms with Gasteiger partial charge in [0.2, 0.25) is 0 Å². The van der Waals surface area contributed by atoms with Crippen molar-refractivity contribution in [3.05, 3.63) is 58.5 Å². The predicted molar refractivity (Wildman–Crippen MR) is 124 cm³/mol. The summed E-state index contributed by atoms with van der Waals surface area (Å²) in [7, 11) is 3.00. The Balaban J connectivity index is 1.82. The number of amides is 1. The zero-order valence-electron chi connectivity index (χ0n) is 19.2. The molecule has 0 saturated heterocycles. The number of rotatable bonds is 8. The number of nitrogens with one attached hydrogen (secondary N) is 1. The summed E-state index contributed by atoms with van der Waals surface area (Å²) in [5.74, 6) is -0.215. The number of aromatic nitrogens is 2. The Morgan fingerprint density at radius 1 is 1.00 bits per heavy atom. The third-order valence-electron chi connectivity index (χ3n) is 4.90. The van der Waals surface area contributed by atoms with E-state index >= 15 is 0 Å². The molecule has 0 radical (unpaired) electrons. The molecule has 0 spiro atoms. The van der Waals surface area contributed by atoms with Crippen LogP contribution in [0.25, 0.3) is 10.8 Å². The maximum Gasteiger partial charge on any atom is 0.360 e. The van der Waals surface area contributed by atoms with Crippen LogP contribution in [0.4, 0.5) is 5.69 Å². The van der Waals surface area contributed by atoms with Gasteiger partial charge in [0.1, 0.15) is 0 Å². The Kier molecular flexibility index (Phi) is 7.32. The van der Waals surface area contributed by atoms with E-state index in [0.29, 0.717) is 34.5 Å². The van der Waals surface area contributed by atoms with Crippen LogP contribution in [0.5, 0.6) is 11.5 Å². The Hall–Kier alpha value is -3.88. The lowest BCUT2D eigenvalue weighted by Gasteiger charge is -2.16. The monoisotopic (exact) mass is 453 g/mol. The van der Waals surface area contributed by atoms with Gasteiger partial charge in [-0.15, -0.1) is 0 Å². The Morgan fingerprint density at radius 3 is 2.30 bits per heavy atom. The highest BCUT2D eigenvalue weighted by molar-refractivity contribution is 6.03. The first-order valence-corrected chi connectivity index (χ1v) is 10.5. The standard InChI is InChI=1S/C24H27N3O6/c1-14(2)13-27-23(29)18-9-7-6-8-17(18)21(26-27)24(30)33-15(3)22(28)25-16-10-11-19(31-4)20(12-16)32-5/h6-12,14-15H,13H2,1-5H3,(H,25,28). The summed E-state index contributed by atoms with van der Waals surface area (Å²) >= 11 is 0. The van der Waals surface area contributed by atoms with E-state index in [0.717, 1.165) is 0 Å². The lowest BCUT2D eigenvalue weighted by atomic mass is 10.1. The summed E-state index contributed by atoms with van der Waals surface area (Å²) in [5.41, 5.74) is 0.154. The van der Waals surface area contributed by atoms with Gasteiger partial charge in [0.25, 0.3) is 11.5 Å². The number of fused-ring (bicyclic) bond motifs is 1. The summed E-state index contributed by atoms with van der Waals surface area (Å²) in [6, 6.07) is 11.6. The van der Waals surface area contributed by atoms with Gasteiger partial charge in [0.05, 0.1) is 19.6 Å². The van der Waals surface area contributed by atoms with Crippen LogP contribution in [-0.2, 0) is 16.1 Å². The van der Waals surface area contributed by atoms with Crippen LogP contribution in [0.3, 0.4) is 0 Å². The zero-order valence-corrected chi connectivity index (χ0v) is 19.2. The van der Waals surface area contributed by atoms with Gasteiger partial charge >= 0.3 is 5.97 Å². The molecule has 0 aliphatic heterocycles.